The van der Waals surface area contributed by atoms with Crippen molar-refractivity contribution >= 4 is 29.2 Å². The van der Waals surface area contributed by atoms with Crippen LogP contribution in [0.5, 0.6) is 0 Å². The van der Waals surface area contributed by atoms with Crippen molar-refractivity contribution in [3.8, 4) is 11.4 Å². The number of aromatic amines is 1. The number of carbonyl (C=O) groups is 1. The molecule has 0 amide bonds. The van der Waals surface area contributed by atoms with Gasteiger partial charge in [0.05, 0.1) is 23.3 Å². The Kier molecular flexibility index (Phi) is 3.82. The lowest BCUT2D eigenvalue weighted by Gasteiger charge is -1.95. The van der Waals surface area contributed by atoms with Crippen LogP contribution >= 0.6 is 11.6 Å². The van der Waals surface area contributed by atoms with E-state index >= 15 is 0 Å². The zero-order chi connectivity index (χ0) is 13.8. The van der Waals surface area contributed by atoms with Crippen molar-refractivity contribution in [2.75, 3.05) is 0 Å². The van der Waals surface area contributed by atoms with Crippen molar-refractivity contribution in [1.82, 2.24) is 19.9 Å². The number of nitrogens with zero attached hydrogens (tertiary/aromatic N) is 3. The fraction of sp³-hybridized carbons (Fsp3) is 0.0833. The lowest BCUT2D eigenvalue weighted by Crippen LogP contribution is -2.03. The average Bonchev–Trinajstić information content (AvgIpc) is 2.84. The van der Waals surface area contributed by atoms with Gasteiger partial charge < -0.3 is 4.98 Å². The van der Waals surface area contributed by atoms with E-state index < -0.39 is 0 Å². The normalized spacial score (nSPS) is 10.8. The fourth-order valence-electron chi connectivity index (χ4n) is 1.31. The van der Waals surface area contributed by atoms with Crippen LogP contribution in [0.3, 0.4) is 0 Å². The van der Waals surface area contributed by atoms with Gasteiger partial charge in [0.15, 0.2) is 5.78 Å². The Hall–Kier alpha value is -2.34. The predicted molar refractivity (Wildman–Crippen MR) is 72.1 cm³/mol. The second kappa shape index (κ2) is 5.53. The summed E-state index contributed by atoms with van der Waals surface area (Å²) in [5.41, 5.74) is 1.22. The van der Waals surface area contributed by atoms with Crippen LogP contribution in [0, 0.1) is 5.41 Å². The highest BCUT2D eigenvalue weighted by atomic mass is 35.5. The highest BCUT2D eigenvalue weighted by Crippen LogP contribution is 2.16. The number of imidazole rings is 1. The van der Waals surface area contributed by atoms with E-state index in [0.717, 1.165) is 0 Å². The van der Waals surface area contributed by atoms with Crippen LogP contribution < -0.4 is 0 Å². The van der Waals surface area contributed by atoms with Gasteiger partial charge in [-0.15, -0.1) is 0 Å². The molecule has 19 heavy (non-hydrogen) atoms. The van der Waals surface area contributed by atoms with Gasteiger partial charge >= 0.3 is 0 Å². The molecule has 0 aliphatic heterocycles. The molecule has 0 aromatic carbocycles. The molecule has 2 aromatic rings. The molecule has 96 valence electrons. The molecule has 2 heterocycles. The molecule has 0 bridgehead atoms. The van der Waals surface area contributed by atoms with E-state index in [4.69, 9.17) is 17.0 Å². The first-order valence-corrected chi connectivity index (χ1v) is 5.74. The number of nitrogens with one attached hydrogen (secondary N) is 2. The summed E-state index contributed by atoms with van der Waals surface area (Å²) in [5.74, 6) is 0.223. The lowest BCUT2D eigenvalue weighted by molar-refractivity contribution is -0.111. The summed E-state index contributed by atoms with van der Waals surface area (Å²) >= 11 is 5.77. The van der Waals surface area contributed by atoms with Gasteiger partial charge in [-0.1, -0.05) is 11.6 Å². The first kappa shape index (κ1) is 13.1. The number of allylic oxidation sites excluding steroid dienone is 1. The average molecular weight is 276 g/mol. The number of hydrogen-bond acceptors (Lipinski definition) is 5. The number of H-pyrrole nitrogens is 1. The van der Waals surface area contributed by atoms with Crippen molar-refractivity contribution in [3.05, 3.63) is 35.6 Å². The fourth-order valence-corrected chi connectivity index (χ4v) is 1.46. The van der Waals surface area contributed by atoms with Gasteiger partial charge in [0.2, 0.25) is 0 Å². The van der Waals surface area contributed by atoms with E-state index in [0.29, 0.717) is 22.4 Å². The Morgan fingerprint density at radius 1 is 1.42 bits per heavy atom. The van der Waals surface area contributed by atoms with Crippen molar-refractivity contribution in [1.29, 1.82) is 5.41 Å². The molecule has 7 heteroatoms. The number of rotatable bonds is 4. The summed E-state index contributed by atoms with van der Waals surface area (Å²) in [6.45, 7) is 1.34. The molecule has 0 saturated carbocycles. The number of Topliss-reactive ketones (excluding diaryl/α,β-unsaturated/α-hetero) is 1. The Morgan fingerprint density at radius 2 is 2.21 bits per heavy atom. The third-order valence-electron chi connectivity index (χ3n) is 2.29. The summed E-state index contributed by atoms with van der Waals surface area (Å²) in [6.07, 6.45) is 5.89. The second-order valence-corrected chi connectivity index (χ2v) is 4.10. The summed E-state index contributed by atoms with van der Waals surface area (Å²) < 4.78 is 0. The van der Waals surface area contributed by atoms with Crippen LogP contribution in [0.25, 0.3) is 17.5 Å². The Labute approximate surface area is 114 Å². The largest absolute Gasteiger partial charge is 0.337 e. The molecular weight excluding hydrogens is 266 g/mol. The molecule has 6 nitrogen and oxygen atoms in total. The molecule has 0 unspecified atom stereocenters. The molecule has 2 aromatic heterocycles. The van der Waals surface area contributed by atoms with E-state index in [2.05, 4.69) is 19.9 Å². The molecule has 0 saturated heterocycles. The number of carbonyl (C=O) groups excluding carboxylic acids is 1. The first-order valence-electron chi connectivity index (χ1n) is 5.37. The first-order chi connectivity index (χ1) is 9.06. The zero-order valence-corrected chi connectivity index (χ0v) is 10.8. The number of halogens is 1. The molecule has 2 N–H and O–H groups in total. The van der Waals surface area contributed by atoms with Gasteiger partial charge in [-0.25, -0.2) is 15.0 Å². The molecule has 0 spiro atoms. The van der Waals surface area contributed by atoms with Crippen molar-refractivity contribution in [3.63, 3.8) is 0 Å². The molecule has 0 aliphatic carbocycles. The van der Waals surface area contributed by atoms with Gasteiger partial charge in [0.25, 0.3) is 0 Å². The smallest absolute Gasteiger partial charge is 0.177 e. The van der Waals surface area contributed by atoms with E-state index in [1.165, 1.54) is 19.3 Å². The number of aromatic nitrogens is 4. The third-order valence-corrected chi connectivity index (χ3v) is 2.50. The quantitative estimate of drug-likeness (QED) is 0.660. The molecule has 0 atom stereocenters. The molecule has 0 fully saturated rings. The van der Waals surface area contributed by atoms with Gasteiger partial charge in [0, 0.05) is 13.0 Å². The van der Waals surface area contributed by atoms with Gasteiger partial charge in [-0.3, -0.25) is 10.2 Å². The zero-order valence-electron chi connectivity index (χ0n) is 10.0. The van der Waals surface area contributed by atoms with Gasteiger partial charge in [0.1, 0.15) is 17.3 Å². The Balaban J connectivity index is 2.20. The van der Waals surface area contributed by atoms with E-state index in [1.54, 1.807) is 18.3 Å². The minimum Gasteiger partial charge on any atom is -0.337 e. The minimum atomic E-state index is -0.300. The number of hydrogen-bond donors (Lipinski definition) is 2. The SMILES string of the molecule is CC(=O)C(=N)/C=C\c1ncc(-c2cc(Cl)ncn2)[nH]1. The maximum Gasteiger partial charge on any atom is 0.177 e. The van der Waals surface area contributed by atoms with Crippen molar-refractivity contribution < 1.29 is 4.79 Å². The predicted octanol–water partition coefficient (Wildman–Crippen LogP) is 2.14. The van der Waals surface area contributed by atoms with Crippen LogP contribution in [-0.2, 0) is 4.79 Å². The van der Waals surface area contributed by atoms with Gasteiger partial charge in [-0.2, -0.15) is 0 Å². The monoisotopic (exact) mass is 275 g/mol. The molecular formula is C12H10ClN5O. The van der Waals surface area contributed by atoms with Crippen LogP contribution in [0.2, 0.25) is 5.15 Å². The van der Waals surface area contributed by atoms with Crippen LogP contribution in [0.1, 0.15) is 12.7 Å². The molecule has 0 radical (unpaired) electrons. The summed E-state index contributed by atoms with van der Waals surface area (Å²) in [7, 11) is 0. The summed E-state index contributed by atoms with van der Waals surface area (Å²) in [6, 6.07) is 1.61. The highest BCUT2D eigenvalue weighted by molar-refractivity contribution is 6.42. The van der Waals surface area contributed by atoms with E-state index in [-0.39, 0.29) is 11.5 Å². The standard InChI is InChI=1S/C12H10ClN5O/c1-7(19)8(14)2-3-12-15-5-10(18-12)9-4-11(13)17-6-16-9/h2-6,14H,1H3,(H,15,18)/b3-2-,14-8?. The van der Waals surface area contributed by atoms with Crippen molar-refractivity contribution in [2.24, 2.45) is 0 Å². The maximum atomic E-state index is 10.9. The molecule has 2 rings (SSSR count). The van der Waals surface area contributed by atoms with E-state index in [9.17, 15) is 4.79 Å². The number of ketones is 1. The summed E-state index contributed by atoms with van der Waals surface area (Å²) in [4.78, 5) is 25.8. The van der Waals surface area contributed by atoms with Crippen LogP contribution in [0.15, 0.2) is 24.7 Å². The topological polar surface area (TPSA) is 95.4 Å². The second-order valence-electron chi connectivity index (χ2n) is 3.71. The highest BCUT2D eigenvalue weighted by Gasteiger charge is 2.04. The Morgan fingerprint density at radius 3 is 2.89 bits per heavy atom. The van der Waals surface area contributed by atoms with Crippen LogP contribution in [0.4, 0.5) is 0 Å². The Bertz CT molecular complexity index is 662. The van der Waals surface area contributed by atoms with Crippen molar-refractivity contribution in [2.45, 2.75) is 6.92 Å². The lowest BCUT2D eigenvalue weighted by atomic mass is 10.2. The van der Waals surface area contributed by atoms with E-state index in [1.807, 2.05) is 0 Å². The summed E-state index contributed by atoms with van der Waals surface area (Å²) in [5, 5.41) is 7.72. The minimum absolute atomic E-state index is 0.0805. The maximum absolute atomic E-state index is 10.9. The van der Waals surface area contributed by atoms with Gasteiger partial charge in [-0.05, 0) is 12.2 Å². The van der Waals surface area contributed by atoms with Crippen LogP contribution in [-0.4, -0.2) is 31.4 Å². The third kappa shape index (κ3) is 3.32. The molecule has 0 aliphatic rings.